The van der Waals surface area contributed by atoms with Crippen LogP contribution in [-0.4, -0.2) is 57.7 Å². The fourth-order valence-corrected chi connectivity index (χ4v) is 3.92. The van der Waals surface area contributed by atoms with Gasteiger partial charge in [0.1, 0.15) is 0 Å². The topological polar surface area (TPSA) is 84.9 Å². The lowest BCUT2D eigenvalue weighted by atomic mass is 9.98. The first-order valence-electron chi connectivity index (χ1n) is 9.46. The molecule has 1 aliphatic heterocycles. The highest BCUT2D eigenvalue weighted by Crippen LogP contribution is 2.26. The standard InChI is InChI=1S/C19H30N2O5S/c1-3-25-17-7-4-5-8-18(17)26-14-6-9-19(22)20-15-16-10-12-21(13-11-16)27(2,23)24/h4-5,7-8,16H,3,6,9-15H2,1-2H3,(H,20,22). The molecule has 1 fully saturated rings. The molecule has 1 aromatic carbocycles. The summed E-state index contributed by atoms with van der Waals surface area (Å²) in [4.78, 5) is 12.0. The fourth-order valence-electron chi connectivity index (χ4n) is 3.05. The van der Waals surface area contributed by atoms with Crippen LogP contribution in [0.25, 0.3) is 0 Å². The number of amides is 1. The lowest BCUT2D eigenvalue weighted by Crippen LogP contribution is -2.41. The van der Waals surface area contributed by atoms with Gasteiger partial charge in [-0.2, -0.15) is 0 Å². The average molecular weight is 399 g/mol. The molecule has 1 amide bonds. The van der Waals surface area contributed by atoms with Crippen molar-refractivity contribution in [3.63, 3.8) is 0 Å². The van der Waals surface area contributed by atoms with E-state index in [-0.39, 0.29) is 5.91 Å². The minimum atomic E-state index is -3.10. The van der Waals surface area contributed by atoms with Gasteiger partial charge < -0.3 is 14.8 Å². The summed E-state index contributed by atoms with van der Waals surface area (Å²) in [6, 6.07) is 7.50. The zero-order chi connectivity index (χ0) is 19.7. The number of hydrogen-bond acceptors (Lipinski definition) is 5. The second-order valence-electron chi connectivity index (χ2n) is 6.74. The minimum Gasteiger partial charge on any atom is -0.490 e. The molecule has 1 heterocycles. The first-order valence-corrected chi connectivity index (χ1v) is 11.3. The number of nitrogens with zero attached hydrogens (tertiary/aromatic N) is 1. The van der Waals surface area contributed by atoms with Gasteiger partial charge >= 0.3 is 0 Å². The van der Waals surface area contributed by atoms with Crippen molar-refractivity contribution >= 4 is 15.9 Å². The molecule has 8 heteroatoms. The predicted octanol–water partition coefficient (Wildman–Crippen LogP) is 2.03. The number of piperidine rings is 1. The van der Waals surface area contributed by atoms with E-state index in [0.29, 0.717) is 63.1 Å². The number of carbonyl (C=O) groups excluding carboxylic acids is 1. The summed E-state index contributed by atoms with van der Waals surface area (Å²) in [7, 11) is -3.10. The van der Waals surface area contributed by atoms with E-state index in [4.69, 9.17) is 9.47 Å². The molecule has 0 saturated carbocycles. The van der Waals surface area contributed by atoms with Crippen LogP contribution in [0.2, 0.25) is 0 Å². The molecular formula is C19H30N2O5S. The van der Waals surface area contributed by atoms with Gasteiger partial charge in [-0.15, -0.1) is 0 Å². The minimum absolute atomic E-state index is 0.00207. The summed E-state index contributed by atoms with van der Waals surface area (Å²) in [5, 5.41) is 2.95. The molecule has 0 radical (unpaired) electrons. The van der Waals surface area contributed by atoms with Crippen molar-refractivity contribution in [1.29, 1.82) is 0 Å². The molecule has 1 aliphatic rings. The molecule has 7 nitrogen and oxygen atoms in total. The first-order chi connectivity index (χ1) is 12.9. The highest BCUT2D eigenvalue weighted by Gasteiger charge is 2.24. The van der Waals surface area contributed by atoms with E-state index in [9.17, 15) is 13.2 Å². The van der Waals surface area contributed by atoms with E-state index in [0.717, 1.165) is 12.8 Å². The van der Waals surface area contributed by atoms with Gasteiger partial charge in [-0.1, -0.05) is 12.1 Å². The Kier molecular flexibility index (Phi) is 8.37. The number of nitrogens with one attached hydrogen (secondary N) is 1. The van der Waals surface area contributed by atoms with Crippen LogP contribution in [0.1, 0.15) is 32.6 Å². The monoisotopic (exact) mass is 398 g/mol. The molecule has 0 spiro atoms. The first kappa shape index (κ1) is 21.5. The highest BCUT2D eigenvalue weighted by molar-refractivity contribution is 7.88. The van der Waals surface area contributed by atoms with E-state index in [1.54, 1.807) is 0 Å². The smallest absolute Gasteiger partial charge is 0.220 e. The predicted molar refractivity (Wildman–Crippen MR) is 104 cm³/mol. The van der Waals surface area contributed by atoms with Gasteiger partial charge in [0.15, 0.2) is 11.5 Å². The molecule has 0 aromatic heterocycles. The van der Waals surface area contributed by atoms with Crippen molar-refractivity contribution in [2.75, 3.05) is 39.1 Å². The van der Waals surface area contributed by atoms with Gasteiger partial charge in [0.05, 0.1) is 19.5 Å². The van der Waals surface area contributed by atoms with Crippen molar-refractivity contribution in [2.45, 2.75) is 32.6 Å². The van der Waals surface area contributed by atoms with Crippen molar-refractivity contribution in [3.05, 3.63) is 24.3 Å². The van der Waals surface area contributed by atoms with Gasteiger partial charge in [-0.3, -0.25) is 4.79 Å². The summed E-state index contributed by atoms with van der Waals surface area (Å²) in [5.41, 5.74) is 0. The molecule has 2 rings (SSSR count). The highest BCUT2D eigenvalue weighted by atomic mass is 32.2. The van der Waals surface area contributed by atoms with Gasteiger partial charge in [0.2, 0.25) is 15.9 Å². The van der Waals surface area contributed by atoms with Crippen LogP contribution in [0.15, 0.2) is 24.3 Å². The number of hydrogen-bond donors (Lipinski definition) is 1. The molecule has 0 aliphatic carbocycles. The van der Waals surface area contributed by atoms with E-state index in [2.05, 4.69) is 5.32 Å². The summed E-state index contributed by atoms with van der Waals surface area (Å²) in [5.74, 6) is 1.74. The van der Waals surface area contributed by atoms with Crippen LogP contribution in [0.5, 0.6) is 11.5 Å². The van der Waals surface area contributed by atoms with Gasteiger partial charge in [-0.05, 0) is 44.2 Å². The van der Waals surface area contributed by atoms with E-state index < -0.39 is 10.0 Å². The third kappa shape index (κ3) is 7.38. The van der Waals surface area contributed by atoms with Crippen LogP contribution in [0, 0.1) is 5.92 Å². The zero-order valence-electron chi connectivity index (χ0n) is 16.1. The Labute approximate surface area is 162 Å². The Hall–Kier alpha value is -1.80. The molecule has 1 aromatic rings. The Morgan fingerprint density at radius 1 is 1.19 bits per heavy atom. The lowest BCUT2D eigenvalue weighted by molar-refractivity contribution is -0.121. The maximum atomic E-state index is 12.0. The summed E-state index contributed by atoms with van der Waals surface area (Å²) in [6.45, 7) is 4.62. The molecule has 1 saturated heterocycles. The Morgan fingerprint density at radius 3 is 2.41 bits per heavy atom. The summed E-state index contributed by atoms with van der Waals surface area (Å²) < 4.78 is 35.7. The second-order valence-corrected chi connectivity index (χ2v) is 8.72. The maximum Gasteiger partial charge on any atom is 0.220 e. The number of carbonyl (C=O) groups is 1. The Bertz CT molecular complexity index is 700. The maximum absolute atomic E-state index is 12.0. The zero-order valence-corrected chi connectivity index (χ0v) is 17.0. The second kappa shape index (κ2) is 10.5. The lowest BCUT2D eigenvalue weighted by Gasteiger charge is -2.30. The Morgan fingerprint density at radius 2 is 1.81 bits per heavy atom. The van der Waals surface area contributed by atoms with Crippen LogP contribution in [0.3, 0.4) is 0 Å². The van der Waals surface area contributed by atoms with E-state index in [1.807, 2.05) is 31.2 Å². The van der Waals surface area contributed by atoms with Crippen LogP contribution >= 0.6 is 0 Å². The Balaban J connectivity index is 1.61. The number of ether oxygens (including phenoxy) is 2. The third-order valence-electron chi connectivity index (χ3n) is 4.59. The van der Waals surface area contributed by atoms with Crippen molar-refractivity contribution in [2.24, 2.45) is 5.92 Å². The summed E-state index contributed by atoms with van der Waals surface area (Å²) in [6.07, 6.45) is 3.83. The van der Waals surface area contributed by atoms with E-state index >= 15 is 0 Å². The molecular weight excluding hydrogens is 368 g/mol. The number of rotatable bonds is 10. The number of para-hydroxylation sites is 2. The van der Waals surface area contributed by atoms with Crippen LogP contribution in [0.4, 0.5) is 0 Å². The van der Waals surface area contributed by atoms with Gasteiger partial charge in [0.25, 0.3) is 0 Å². The number of sulfonamides is 1. The molecule has 1 N–H and O–H groups in total. The SMILES string of the molecule is CCOc1ccccc1OCCCC(=O)NCC1CCN(S(C)(=O)=O)CC1. The molecule has 0 bridgehead atoms. The quantitative estimate of drug-likeness (QED) is 0.610. The van der Waals surface area contributed by atoms with Crippen LogP contribution in [-0.2, 0) is 14.8 Å². The van der Waals surface area contributed by atoms with Crippen LogP contribution < -0.4 is 14.8 Å². The fraction of sp³-hybridized carbons (Fsp3) is 0.632. The normalized spacial score (nSPS) is 16.1. The van der Waals surface area contributed by atoms with Crippen molar-refractivity contribution in [1.82, 2.24) is 9.62 Å². The average Bonchev–Trinajstić information content (AvgIpc) is 2.64. The molecule has 0 atom stereocenters. The molecule has 0 unspecified atom stereocenters. The van der Waals surface area contributed by atoms with Crippen molar-refractivity contribution in [3.8, 4) is 11.5 Å². The molecule has 27 heavy (non-hydrogen) atoms. The van der Waals surface area contributed by atoms with Gasteiger partial charge in [-0.25, -0.2) is 12.7 Å². The van der Waals surface area contributed by atoms with Gasteiger partial charge in [0, 0.05) is 26.1 Å². The van der Waals surface area contributed by atoms with E-state index in [1.165, 1.54) is 10.6 Å². The summed E-state index contributed by atoms with van der Waals surface area (Å²) >= 11 is 0. The third-order valence-corrected chi connectivity index (χ3v) is 5.89. The molecule has 152 valence electrons. The van der Waals surface area contributed by atoms with Crippen molar-refractivity contribution < 1.29 is 22.7 Å². The number of benzene rings is 1. The largest absolute Gasteiger partial charge is 0.490 e.